The quantitative estimate of drug-likeness (QED) is 0.726. The van der Waals surface area contributed by atoms with Crippen molar-refractivity contribution >= 4 is 29.1 Å². The average Bonchev–Trinajstić information content (AvgIpc) is 3.58. The molecule has 0 atom stereocenters. The van der Waals surface area contributed by atoms with Gasteiger partial charge in [0.25, 0.3) is 0 Å². The molecule has 5 nitrogen and oxygen atoms in total. The van der Waals surface area contributed by atoms with Crippen LogP contribution in [0.1, 0.15) is 31.2 Å². The number of anilines is 1. The third-order valence-corrected chi connectivity index (χ3v) is 5.88. The molecule has 0 radical (unpaired) electrons. The molecule has 158 valence electrons. The van der Waals surface area contributed by atoms with Gasteiger partial charge in [0.1, 0.15) is 18.2 Å². The first-order valence-corrected chi connectivity index (χ1v) is 10.6. The van der Waals surface area contributed by atoms with Gasteiger partial charge in [-0.05, 0) is 61.6 Å². The van der Waals surface area contributed by atoms with Gasteiger partial charge in [-0.25, -0.2) is 4.39 Å². The highest BCUT2D eigenvalue weighted by Crippen LogP contribution is 2.33. The SMILES string of the molecule is O=C(Nc1ccc(OCc2cccc(F)c2)c(Cl)c1)C1CCN(C(=O)C2CC2)CC1. The van der Waals surface area contributed by atoms with E-state index in [-0.39, 0.29) is 36.1 Å². The van der Waals surface area contributed by atoms with Crippen LogP contribution in [0.4, 0.5) is 10.1 Å². The molecule has 7 heteroatoms. The van der Waals surface area contributed by atoms with Gasteiger partial charge in [-0.1, -0.05) is 23.7 Å². The molecule has 1 heterocycles. The van der Waals surface area contributed by atoms with E-state index < -0.39 is 0 Å². The van der Waals surface area contributed by atoms with Crippen molar-refractivity contribution in [1.29, 1.82) is 0 Å². The molecule has 30 heavy (non-hydrogen) atoms. The Hall–Kier alpha value is -2.60. The fourth-order valence-electron chi connectivity index (χ4n) is 3.68. The Balaban J connectivity index is 1.28. The summed E-state index contributed by atoms with van der Waals surface area (Å²) >= 11 is 6.29. The Bertz CT molecular complexity index is 940. The van der Waals surface area contributed by atoms with E-state index >= 15 is 0 Å². The summed E-state index contributed by atoms with van der Waals surface area (Å²) in [7, 11) is 0. The van der Waals surface area contributed by atoms with Crippen LogP contribution in [0.2, 0.25) is 5.02 Å². The van der Waals surface area contributed by atoms with Crippen LogP contribution < -0.4 is 10.1 Å². The summed E-state index contributed by atoms with van der Waals surface area (Å²) in [6.45, 7) is 1.48. The van der Waals surface area contributed by atoms with E-state index in [0.717, 1.165) is 12.8 Å². The molecule has 1 aliphatic carbocycles. The molecule has 1 saturated heterocycles. The van der Waals surface area contributed by atoms with Crippen LogP contribution in [-0.2, 0) is 16.2 Å². The highest BCUT2D eigenvalue weighted by atomic mass is 35.5. The zero-order valence-electron chi connectivity index (χ0n) is 16.6. The monoisotopic (exact) mass is 430 g/mol. The summed E-state index contributed by atoms with van der Waals surface area (Å²) in [6, 6.07) is 11.3. The minimum atomic E-state index is -0.317. The van der Waals surface area contributed by atoms with E-state index in [4.69, 9.17) is 16.3 Å². The zero-order valence-corrected chi connectivity index (χ0v) is 17.3. The maximum absolute atomic E-state index is 13.3. The highest BCUT2D eigenvalue weighted by molar-refractivity contribution is 6.32. The Morgan fingerprint density at radius 3 is 2.50 bits per heavy atom. The van der Waals surface area contributed by atoms with E-state index in [1.165, 1.54) is 12.1 Å². The number of hydrogen-bond donors (Lipinski definition) is 1. The number of nitrogens with zero attached hydrogens (tertiary/aromatic N) is 1. The second-order valence-electron chi connectivity index (χ2n) is 7.93. The summed E-state index contributed by atoms with van der Waals surface area (Å²) < 4.78 is 18.9. The van der Waals surface area contributed by atoms with Crippen molar-refractivity contribution in [3.8, 4) is 5.75 Å². The van der Waals surface area contributed by atoms with E-state index in [9.17, 15) is 14.0 Å². The molecular formula is C23H24ClFN2O3. The first-order valence-electron chi connectivity index (χ1n) is 10.3. The van der Waals surface area contributed by atoms with E-state index in [1.807, 2.05) is 4.90 Å². The first kappa shape index (κ1) is 20.7. The fraction of sp³-hybridized carbons (Fsp3) is 0.391. The summed E-state index contributed by atoms with van der Waals surface area (Å²) in [6.07, 6.45) is 3.35. The van der Waals surface area contributed by atoms with Crippen LogP contribution in [0.5, 0.6) is 5.75 Å². The van der Waals surface area contributed by atoms with Crippen LogP contribution >= 0.6 is 11.6 Å². The van der Waals surface area contributed by atoms with Crippen molar-refractivity contribution in [1.82, 2.24) is 4.90 Å². The van der Waals surface area contributed by atoms with Gasteiger partial charge in [-0.2, -0.15) is 0 Å². The van der Waals surface area contributed by atoms with Gasteiger partial charge in [0.05, 0.1) is 5.02 Å². The van der Waals surface area contributed by atoms with Gasteiger partial charge in [-0.15, -0.1) is 0 Å². The summed E-state index contributed by atoms with van der Waals surface area (Å²) in [5, 5.41) is 3.28. The third kappa shape index (κ3) is 5.11. The highest BCUT2D eigenvalue weighted by Gasteiger charge is 2.35. The normalized spacial score (nSPS) is 16.9. The van der Waals surface area contributed by atoms with Gasteiger partial charge in [-0.3, -0.25) is 9.59 Å². The number of hydrogen-bond acceptors (Lipinski definition) is 3. The van der Waals surface area contributed by atoms with Crippen LogP contribution in [0, 0.1) is 17.7 Å². The Morgan fingerprint density at radius 1 is 1.07 bits per heavy atom. The predicted molar refractivity (Wildman–Crippen MR) is 113 cm³/mol. The molecular weight excluding hydrogens is 407 g/mol. The van der Waals surface area contributed by atoms with Crippen LogP contribution in [0.15, 0.2) is 42.5 Å². The number of carbonyl (C=O) groups is 2. The number of ether oxygens (including phenoxy) is 1. The predicted octanol–water partition coefficient (Wildman–Crippen LogP) is 4.65. The average molecular weight is 431 g/mol. The second-order valence-corrected chi connectivity index (χ2v) is 8.33. The molecule has 0 spiro atoms. The van der Waals surface area contributed by atoms with Crippen molar-refractivity contribution in [2.24, 2.45) is 11.8 Å². The van der Waals surface area contributed by atoms with Crippen molar-refractivity contribution in [3.05, 3.63) is 58.9 Å². The summed E-state index contributed by atoms with van der Waals surface area (Å²) in [5.41, 5.74) is 1.30. The number of likely N-dealkylation sites (tertiary alicyclic amines) is 1. The summed E-state index contributed by atoms with van der Waals surface area (Å²) in [5.74, 6) is 0.441. The summed E-state index contributed by atoms with van der Waals surface area (Å²) in [4.78, 5) is 26.6. The molecule has 4 rings (SSSR count). The minimum absolute atomic E-state index is 0.0574. The first-order chi connectivity index (χ1) is 14.5. The molecule has 0 unspecified atom stereocenters. The maximum Gasteiger partial charge on any atom is 0.227 e. The Labute approximate surface area is 180 Å². The molecule has 1 saturated carbocycles. The number of piperidine rings is 1. The molecule has 0 aromatic heterocycles. The van der Waals surface area contributed by atoms with Gasteiger partial charge >= 0.3 is 0 Å². The van der Waals surface area contributed by atoms with Gasteiger partial charge in [0, 0.05) is 30.6 Å². The van der Waals surface area contributed by atoms with Gasteiger partial charge in [0.2, 0.25) is 11.8 Å². The van der Waals surface area contributed by atoms with E-state index in [0.29, 0.717) is 48.0 Å². The Morgan fingerprint density at radius 2 is 1.83 bits per heavy atom. The van der Waals surface area contributed by atoms with Gasteiger partial charge < -0.3 is 15.0 Å². The third-order valence-electron chi connectivity index (χ3n) is 5.59. The lowest BCUT2D eigenvalue weighted by atomic mass is 9.95. The number of rotatable bonds is 6. The van der Waals surface area contributed by atoms with Crippen molar-refractivity contribution in [2.75, 3.05) is 18.4 Å². The number of carbonyl (C=O) groups excluding carboxylic acids is 2. The van der Waals surface area contributed by atoms with Crippen molar-refractivity contribution in [3.63, 3.8) is 0 Å². The van der Waals surface area contributed by atoms with Gasteiger partial charge in [0.15, 0.2) is 0 Å². The molecule has 0 bridgehead atoms. The molecule has 2 fully saturated rings. The molecule has 2 aliphatic rings. The van der Waals surface area contributed by atoms with E-state index in [2.05, 4.69) is 5.32 Å². The molecule has 1 aliphatic heterocycles. The van der Waals surface area contributed by atoms with Crippen molar-refractivity contribution < 1.29 is 18.7 Å². The number of nitrogens with one attached hydrogen (secondary N) is 1. The van der Waals surface area contributed by atoms with Crippen LogP contribution in [-0.4, -0.2) is 29.8 Å². The van der Waals surface area contributed by atoms with Crippen molar-refractivity contribution in [2.45, 2.75) is 32.3 Å². The maximum atomic E-state index is 13.3. The number of benzene rings is 2. The second kappa shape index (κ2) is 9.04. The minimum Gasteiger partial charge on any atom is -0.487 e. The lowest BCUT2D eigenvalue weighted by Crippen LogP contribution is -2.42. The van der Waals surface area contributed by atoms with Crippen LogP contribution in [0.25, 0.3) is 0 Å². The molecule has 2 amide bonds. The number of amides is 2. The Kier molecular flexibility index (Phi) is 6.23. The smallest absolute Gasteiger partial charge is 0.227 e. The molecule has 2 aromatic carbocycles. The lowest BCUT2D eigenvalue weighted by Gasteiger charge is -2.31. The molecule has 1 N–H and O–H groups in total. The fourth-order valence-corrected chi connectivity index (χ4v) is 3.91. The molecule has 2 aromatic rings. The number of halogens is 2. The standard InChI is InChI=1S/C23H24ClFN2O3/c24-20-13-19(6-7-21(20)30-14-15-2-1-3-18(25)12-15)26-22(28)16-8-10-27(11-9-16)23(29)17-4-5-17/h1-3,6-7,12-13,16-17H,4-5,8-11,14H2,(H,26,28). The topological polar surface area (TPSA) is 58.6 Å². The van der Waals surface area contributed by atoms with Crippen LogP contribution in [0.3, 0.4) is 0 Å². The zero-order chi connectivity index (χ0) is 21.1. The van der Waals surface area contributed by atoms with E-state index in [1.54, 1.807) is 30.3 Å². The largest absolute Gasteiger partial charge is 0.487 e. The lowest BCUT2D eigenvalue weighted by molar-refractivity contribution is -0.135.